The number of hydrogen-bond donors (Lipinski definition) is 1. The molecule has 0 saturated heterocycles. The number of halogens is 3. The van der Waals surface area contributed by atoms with Gasteiger partial charge >= 0.3 is 0 Å². The highest BCUT2D eigenvalue weighted by Crippen LogP contribution is 2.18. The zero-order valence-electron chi connectivity index (χ0n) is 8.03. The van der Waals surface area contributed by atoms with E-state index in [-0.39, 0.29) is 16.8 Å². The predicted octanol–water partition coefficient (Wildman–Crippen LogP) is 3.33. The average Bonchev–Trinajstić information content (AvgIpc) is 2.22. The number of oxime groups is 1. The summed E-state index contributed by atoms with van der Waals surface area (Å²) in [5, 5.41) is 11.1. The van der Waals surface area contributed by atoms with Crippen molar-refractivity contribution in [1.82, 2.24) is 0 Å². The molecule has 1 aromatic rings. The second-order valence-electron chi connectivity index (χ2n) is 2.74. The highest BCUT2D eigenvalue weighted by Gasteiger charge is 2.03. The summed E-state index contributed by atoms with van der Waals surface area (Å²) in [5.41, 5.74) is 0.514. The molecule has 1 aromatic carbocycles. The molecule has 0 fully saturated rings. The lowest BCUT2D eigenvalue weighted by atomic mass is 10.2. The van der Waals surface area contributed by atoms with E-state index >= 15 is 0 Å². The normalized spacial score (nSPS) is 10.4. The van der Waals surface area contributed by atoms with Crippen LogP contribution in [0.25, 0.3) is 0 Å². The van der Waals surface area contributed by atoms with Gasteiger partial charge in [-0.2, -0.15) is 0 Å². The van der Waals surface area contributed by atoms with Gasteiger partial charge in [0.1, 0.15) is 11.1 Å². The van der Waals surface area contributed by atoms with Gasteiger partial charge in [0.25, 0.3) is 0 Å². The first-order chi connectivity index (χ1) is 7.63. The standard InChI is InChI=1S/C10H8Cl2FNO2/c11-10(12)3-4-16-9-5-7(6-14-15)1-2-8(9)13/h1-3,5-6,15H,4H2/b14-6+. The van der Waals surface area contributed by atoms with Crippen LogP contribution in [0.3, 0.4) is 0 Å². The molecule has 0 spiro atoms. The molecule has 0 unspecified atom stereocenters. The van der Waals surface area contributed by atoms with E-state index in [2.05, 4.69) is 5.16 Å². The first-order valence-corrected chi connectivity index (χ1v) is 5.00. The smallest absolute Gasteiger partial charge is 0.165 e. The first-order valence-electron chi connectivity index (χ1n) is 4.24. The maximum atomic E-state index is 13.2. The molecular weight excluding hydrogens is 256 g/mol. The third-order valence-corrected chi connectivity index (χ3v) is 1.95. The number of rotatable bonds is 4. The zero-order chi connectivity index (χ0) is 12.0. The van der Waals surface area contributed by atoms with Crippen LogP contribution in [-0.4, -0.2) is 18.0 Å². The second-order valence-corrected chi connectivity index (χ2v) is 3.75. The quantitative estimate of drug-likeness (QED) is 0.515. The largest absolute Gasteiger partial charge is 0.486 e. The summed E-state index contributed by atoms with van der Waals surface area (Å²) in [4.78, 5) is 0. The van der Waals surface area contributed by atoms with Crippen LogP contribution in [0.1, 0.15) is 5.56 Å². The summed E-state index contributed by atoms with van der Waals surface area (Å²) in [5.74, 6) is -0.489. The highest BCUT2D eigenvalue weighted by atomic mass is 35.5. The van der Waals surface area contributed by atoms with Crippen LogP contribution in [0, 0.1) is 5.82 Å². The fraction of sp³-hybridized carbons (Fsp3) is 0.100. The van der Waals surface area contributed by atoms with Crippen molar-refractivity contribution in [1.29, 1.82) is 0 Å². The topological polar surface area (TPSA) is 41.8 Å². The highest BCUT2D eigenvalue weighted by molar-refractivity contribution is 6.55. The van der Waals surface area contributed by atoms with Gasteiger partial charge in [0.15, 0.2) is 11.6 Å². The minimum Gasteiger partial charge on any atom is -0.486 e. The summed E-state index contributed by atoms with van der Waals surface area (Å²) in [7, 11) is 0. The Labute approximate surface area is 102 Å². The van der Waals surface area contributed by atoms with E-state index in [9.17, 15) is 4.39 Å². The lowest BCUT2D eigenvalue weighted by molar-refractivity contribution is 0.321. The SMILES string of the molecule is O/N=C/c1ccc(F)c(OCC=C(Cl)Cl)c1. The van der Waals surface area contributed by atoms with E-state index in [0.29, 0.717) is 5.56 Å². The number of hydrogen-bond acceptors (Lipinski definition) is 3. The fourth-order valence-electron chi connectivity index (χ4n) is 0.972. The molecule has 6 heteroatoms. The number of benzene rings is 1. The molecule has 1 N–H and O–H groups in total. The second kappa shape index (κ2) is 6.35. The van der Waals surface area contributed by atoms with Crippen LogP contribution < -0.4 is 4.74 Å². The Kier molecular flexibility index (Phi) is 5.08. The molecule has 86 valence electrons. The molecule has 0 amide bonds. The van der Waals surface area contributed by atoms with Crippen LogP contribution in [0.2, 0.25) is 0 Å². The molecular formula is C10H8Cl2FNO2. The van der Waals surface area contributed by atoms with Gasteiger partial charge in [0.05, 0.1) is 6.21 Å². The number of nitrogens with zero attached hydrogens (tertiary/aromatic N) is 1. The molecule has 0 radical (unpaired) electrons. The molecule has 1 rings (SSSR count). The summed E-state index contributed by atoms with van der Waals surface area (Å²) >= 11 is 10.7. The minimum absolute atomic E-state index is 0.0308. The molecule has 0 aliphatic heterocycles. The van der Waals surface area contributed by atoms with E-state index < -0.39 is 5.82 Å². The predicted molar refractivity (Wildman–Crippen MR) is 61.1 cm³/mol. The lowest BCUT2D eigenvalue weighted by Gasteiger charge is -2.05. The Bertz CT molecular complexity index is 417. The van der Waals surface area contributed by atoms with Gasteiger partial charge in [-0.1, -0.05) is 34.4 Å². The Hall–Kier alpha value is -1.26. The third-order valence-electron chi connectivity index (χ3n) is 1.64. The van der Waals surface area contributed by atoms with Gasteiger partial charge in [-0.15, -0.1) is 0 Å². The molecule has 0 bridgehead atoms. The van der Waals surface area contributed by atoms with E-state index in [1.165, 1.54) is 24.3 Å². The minimum atomic E-state index is -0.519. The van der Waals surface area contributed by atoms with Gasteiger partial charge in [-0.3, -0.25) is 0 Å². The van der Waals surface area contributed by atoms with Gasteiger partial charge in [-0.25, -0.2) is 4.39 Å². The van der Waals surface area contributed by atoms with E-state index in [0.717, 1.165) is 6.21 Å². The molecule has 0 aromatic heterocycles. The van der Waals surface area contributed by atoms with Crippen LogP contribution in [0.15, 0.2) is 33.9 Å². The maximum Gasteiger partial charge on any atom is 0.165 e. The van der Waals surface area contributed by atoms with E-state index in [4.69, 9.17) is 33.1 Å². The molecule has 16 heavy (non-hydrogen) atoms. The Balaban J connectivity index is 2.78. The van der Waals surface area contributed by atoms with Crippen molar-refractivity contribution in [2.75, 3.05) is 6.61 Å². The van der Waals surface area contributed by atoms with Crippen LogP contribution in [-0.2, 0) is 0 Å². The molecule has 0 aliphatic carbocycles. The van der Waals surface area contributed by atoms with Crippen molar-refractivity contribution >= 4 is 29.4 Å². The van der Waals surface area contributed by atoms with Crippen LogP contribution in [0.5, 0.6) is 5.75 Å². The summed E-state index contributed by atoms with van der Waals surface area (Å²) in [6, 6.07) is 4.05. The fourth-order valence-corrected chi connectivity index (χ4v) is 1.10. The molecule has 0 saturated carbocycles. The molecule has 0 heterocycles. The third kappa shape index (κ3) is 4.08. The van der Waals surface area contributed by atoms with Gasteiger partial charge < -0.3 is 9.94 Å². The van der Waals surface area contributed by atoms with Gasteiger partial charge in [0.2, 0.25) is 0 Å². The monoisotopic (exact) mass is 263 g/mol. The first kappa shape index (κ1) is 12.8. The Morgan fingerprint density at radius 1 is 1.50 bits per heavy atom. The van der Waals surface area contributed by atoms with Crippen molar-refractivity contribution in [2.45, 2.75) is 0 Å². The zero-order valence-corrected chi connectivity index (χ0v) is 9.54. The Morgan fingerprint density at radius 3 is 2.88 bits per heavy atom. The van der Waals surface area contributed by atoms with Gasteiger partial charge in [-0.05, 0) is 23.8 Å². The van der Waals surface area contributed by atoms with E-state index in [1.807, 2.05) is 0 Å². The van der Waals surface area contributed by atoms with Crippen molar-refractivity contribution in [3.63, 3.8) is 0 Å². The summed E-state index contributed by atoms with van der Waals surface area (Å²) < 4.78 is 18.3. The van der Waals surface area contributed by atoms with Crippen molar-refractivity contribution < 1.29 is 14.3 Å². The molecule has 3 nitrogen and oxygen atoms in total. The van der Waals surface area contributed by atoms with Crippen molar-refractivity contribution in [3.05, 3.63) is 40.1 Å². The molecule has 0 atom stereocenters. The summed E-state index contributed by atoms with van der Waals surface area (Å²) in [6.45, 7) is 0.0545. The lowest BCUT2D eigenvalue weighted by Crippen LogP contribution is -1.97. The maximum absolute atomic E-state index is 13.2. The Morgan fingerprint density at radius 2 is 2.25 bits per heavy atom. The van der Waals surface area contributed by atoms with E-state index in [1.54, 1.807) is 0 Å². The van der Waals surface area contributed by atoms with Crippen LogP contribution >= 0.6 is 23.2 Å². The van der Waals surface area contributed by atoms with Crippen molar-refractivity contribution in [2.24, 2.45) is 5.16 Å². The van der Waals surface area contributed by atoms with Crippen LogP contribution in [0.4, 0.5) is 4.39 Å². The average molecular weight is 264 g/mol. The summed E-state index contributed by atoms with van der Waals surface area (Å²) in [6.07, 6.45) is 2.55. The molecule has 0 aliphatic rings. The number of ether oxygens (including phenoxy) is 1. The van der Waals surface area contributed by atoms with Crippen molar-refractivity contribution in [3.8, 4) is 5.75 Å². The van der Waals surface area contributed by atoms with Gasteiger partial charge in [0, 0.05) is 0 Å².